The standard InChI is InChI=1S/C11H15N2O2/c1-9-11(3-2-4-13-9)15-8-10-7-12-5-6-14-10/h2-4,12H,5-8H2,1H3. The van der Waals surface area contributed by atoms with Crippen LogP contribution in [-0.4, -0.2) is 31.3 Å². The van der Waals surface area contributed by atoms with E-state index in [1.165, 1.54) is 0 Å². The first kappa shape index (κ1) is 10.4. The van der Waals surface area contributed by atoms with Crippen LogP contribution in [0.25, 0.3) is 0 Å². The fourth-order valence-corrected chi connectivity index (χ4v) is 1.42. The van der Waals surface area contributed by atoms with Crippen LogP contribution >= 0.6 is 0 Å². The average molecular weight is 207 g/mol. The van der Waals surface area contributed by atoms with E-state index in [0.717, 1.165) is 37.2 Å². The minimum atomic E-state index is 0.500. The average Bonchev–Trinajstić information content (AvgIpc) is 2.29. The van der Waals surface area contributed by atoms with Gasteiger partial charge in [-0.1, -0.05) is 0 Å². The quantitative estimate of drug-likeness (QED) is 0.800. The molecule has 2 heterocycles. The second-order valence-corrected chi connectivity index (χ2v) is 3.44. The van der Waals surface area contributed by atoms with Gasteiger partial charge in [0.2, 0.25) is 0 Å². The summed E-state index contributed by atoms with van der Waals surface area (Å²) in [6.07, 6.45) is 2.71. The second-order valence-electron chi connectivity index (χ2n) is 3.44. The molecular weight excluding hydrogens is 192 g/mol. The molecule has 1 N–H and O–H groups in total. The first-order chi connectivity index (χ1) is 7.36. The maximum absolute atomic E-state index is 5.61. The summed E-state index contributed by atoms with van der Waals surface area (Å²) < 4.78 is 11.1. The molecule has 0 spiro atoms. The highest BCUT2D eigenvalue weighted by Gasteiger charge is 2.15. The molecule has 0 aromatic carbocycles. The lowest BCUT2D eigenvalue weighted by atomic mass is 10.3. The van der Waals surface area contributed by atoms with Crippen molar-refractivity contribution >= 4 is 0 Å². The van der Waals surface area contributed by atoms with Crippen LogP contribution in [-0.2, 0) is 4.74 Å². The third kappa shape index (κ3) is 2.91. The number of pyridine rings is 1. The van der Waals surface area contributed by atoms with Crippen molar-refractivity contribution in [1.29, 1.82) is 0 Å². The minimum Gasteiger partial charge on any atom is -0.489 e. The van der Waals surface area contributed by atoms with E-state index in [-0.39, 0.29) is 0 Å². The van der Waals surface area contributed by atoms with E-state index in [1.54, 1.807) is 6.20 Å². The maximum atomic E-state index is 5.61. The Morgan fingerprint density at radius 3 is 3.27 bits per heavy atom. The summed E-state index contributed by atoms with van der Waals surface area (Å²) in [7, 11) is 0. The van der Waals surface area contributed by atoms with Gasteiger partial charge in [-0.3, -0.25) is 4.98 Å². The molecule has 4 heteroatoms. The lowest BCUT2D eigenvalue weighted by Crippen LogP contribution is -2.36. The summed E-state index contributed by atoms with van der Waals surface area (Å²) in [5, 5.41) is 3.23. The minimum absolute atomic E-state index is 0.500. The van der Waals surface area contributed by atoms with E-state index in [2.05, 4.69) is 10.3 Å². The van der Waals surface area contributed by atoms with Gasteiger partial charge in [0.25, 0.3) is 0 Å². The summed E-state index contributed by atoms with van der Waals surface area (Å²) in [6, 6.07) is 3.78. The molecule has 0 unspecified atom stereocenters. The number of rotatable bonds is 3. The molecule has 1 saturated heterocycles. The van der Waals surface area contributed by atoms with Gasteiger partial charge >= 0.3 is 0 Å². The van der Waals surface area contributed by atoms with Gasteiger partial charge in [0.1, 0.15) is 18.5 Å². The molecule has 1 aromatic rings. The largest absolute Gasteiger partial charge is 0.489 e. The Bertz CT molecular complexity index is 311. The Kier molecular flexibility index (Phi) is 3.53. The van der Waals surface area contributed by atoms with Gasteiger partial charge < -0.3 is 14.8 Å². The first-order valence-corrected chi connectivity index (χ1v) is 5.09. The third-order valence-electron chi connectivity index (χ3n) is 2.25. The third-order valence-corrected chi connectivity index (χ3v) is 2.25. The molecule has 1 radical (unpaired) electrons. The number of nitrogens with one attached hydrogen (secondary N) is 1. The number of hydrogen-bond donors (Lipinski definition) is 1. The number of nitrogens with zero attached hydrogens (tertiary/aromatic N) is 1. The summed E-state index contributed by atoms with van der Waals surface area (Å²) >= 11 is 0. The Labute approximate surface area is 89.6 Å². The highest BCUT2D eigenvalue weighted by Crippen LogP contribution is 2.15. The Morgan fingerprint density at radius 1 is 1.60 bits per heavy atom. The van der Waals surface area contributed by atoms with Crippen LogP contribution in [0.4, 0.5) is 0 Å². The topological polar surface area (TPSA) is 43.4 Å². The van der Waals surface area contributed by atoms with E-state index in [1.807, 2.05) is 19.1 Å². The highest BCUT2D eigenvalue weighted by molar-refractivity contribution is 5.25. The van der Waals surface area contributed by atoms with E-state index in [4.69, 9.17) is 9.47 Å². The van der Waals surface area contributed by atoms with Crippen molar-refractivity contribution in [3.63, 3.8) is 0 Å². The monoisotopic (exact) mass is 207 g/mol. The number of hydrogen-bond acceptors (Lipinski definition) is 4. The first-order valence-electron chi connectivity index (χ1n) is 5.09. The second kappa shape index (κ2) is 5.09. The lowest BCUT2D eigenvalue weighted by molar-refractivity contribution is 0.0782. The zero-order valence-corrected chi connectivity index (χ0v) is 8.82. The van der Waals surface area contributed by atoms with Crippen molar-refractivity contribution in [1.82, 2.24) is 10.3 Å². The van der Waals surface area contributed by atoms with Crippen LogP contribution < -0.4 is 10.1 Å². The number of aryl methyl sites for hydroxylation is 1. The van der Waals surface area contributed by atoms with Crippen LogP contribution in [0.2, 0.25) is 0 Å². The molecule has 0 atom stereocenters. The Balaban J connectivity index is 1.84. The normalized spacial score (nSPS) is 17.7. The lowest BCUT2D eigenvalue weighted by Gasteiger charge is -2.22. The number of morpholine rings is 1. The van der Waals surface area contributed by atoms with Crippen molar-refractivity contribution in [2.45, 2.75) is 6.92 Å². The molecule has 1 aliphatic rings. The number of ether oxygens (including phenoxy) is 2. The summed E-state index contributed by atoms with van der Waals surface area (Å²) in [5.41, 5.74) is 0.905. The Morgan fingerprint density at radius 2 is 2.53 bits per heavy atom. The van der Waals surface area contributed by atoms with E-state index in [0.29, 0.717) is 6.61 Å². The smallest absolute Gasteiger partial charge is 0.148 e. The molecule has 4 nitrogen and oxygen atoms in total. The Hall–Kier alpha value is -1.13. The van der Waals surface area contributed by atoms with Crippen LogP contribution in [0.15, 0.2) is 18.3 Å². The van der Waals surface area contributed by atoms with Gasteiger partial charge in [-0.05, 0) is 19.1 Å². The zero-order chi connectivity index (χ0) is 10.5. The molecular formula is C11H15N2O2. The van der Waals surface area contributed by atoms with Crippen LogP contribution in [0.5, 0.6) is 5.75 Å². The molecule has 1 fully saturated rings. The van der Waals surface area contributed by atoms with Crippen molar-refractivity contribution in [2.75, 3.05) is 26.3 Å². The molecule has 1 aromatic heterocycles. The summed E-state index contributed by atoms with van der Waals surface area (Å²) in [6.45, 7) is 4.85. The van der Waals surface area contributed by atoms with Gasteiger partial charge in [0, 0.05) is 19.3 Å². The number of aromatic nitrogens is 1. The van der Waals surface area contributed by atoms with Crippen molar-refractivity contribution in [3.05, 3.63) is 30.1 Å². The molecule has 0 amide bonds. The molecule has 1 aliphatic heterocycles. The van der Waals surface area contributed by atoms with Gasteiger partial charge in [-0.15, -0.1) is 0 Å². The van der Waals surface area contributed by atoms with E-state index < -0.39 is 0 Å². The van der Waals surface area contributed by atoms with Crippen LogP contribution in [0.1, 0.15) is 5.69 Å². The van der Waals surface area contributed by atoms with Crippen molar-refractivity contribution in [2.24, 2.45) is 0 Å². The van der Waals surface area contributed by atoms with E-state index >= 15 is 0 Å². The predicted octanol–water partition coefficient (Wildman–Crippen LogP) is 0.921. The van der Waals surface area contributed by atoms with Gasteiger partial charge in [0.05, 0.1) is 12.3 Å². The molecule has 81 valence electrons. The maximum Gasteiger partial charge on any atom is 0.148 e. The summed E-state index contributed by atoms with van der Waals surface area (Å²) in [4.78, 5) is 4.15. The predicted molar refractivity (Wildman–Crippen MR) is 56.5 cm³/mol. The van der Waals surface area contributed by atoms with Crippen molar-refractivity contribution < 1.29 is 9.47 Å². The van der Waals surface area contributed by atoms with Crippen molar-refractivity contribution in [3.8, 4) is 5.75 Å². The van der Waals surface area contributed by atoms with E-state index in [9.17, 15) is 0 Å². The van der Waals surface area contributed by atoms with Gasteiger partial charge in [-0.25, -0.2) is 0 Å². The zero-order valence-electron chi connectivity index (χ0n) is 8.82. The fraction of sp³-hybridized carbons (Fsp3) is 0.455. The van der Waals surface area contributed by atoms with Gasteiger partial charge in [0.15, 0.2) is 0 Å². The SMILES string of the molecule is Cc1ncccc1OC[C]1CNCCO1. The molecule has 2 rings (SSSR count). The molecule has 0 aliphatic carbocycles. The molecule has 0 bridgehead atoms. The van der Waals surface area contributed by atoms with Crippen LogP contribution in [0, 0.1) is 13.0 Å². The van der Waals surface area contributed by atoms with Gasteiger partial charge in [-0.2, -0.15) is 0 Å². The summed E-state index contributed by atoms with van der Waals surface area (Å²) in [5.74, 6) is 0.819. The molecule has 0 saturated carbocycles. The fourth-order valence-electron chi connectivity index (χ4n) is 1.42. The van der Waals surface area contributed by atoms with Crippen LogP contribution in [0.3, 0.4) is 0 Å². The highest BCUT2D eigenvalue weighted by atomic mass is 16.5. The molecule has 15 heavy (non-hydrogen) atoms.